The molecule has 1 aromatic heterocycles. The second kappa shape index (κ2) is 6.20. The largest absolute Gasteiger partial charge is 0.288 e. The maximum Gasteiger partial charge on any atom is 0.185 e. The summed E-state index contributed by atoms with van der Waals surface area (Å²) in [5, 5.41) is 7.94. The van der Waals surface area contributed by atoms with Crippen molar-refractivity contribution in [1.82, 2.24) is 10.2 Å². The van der Waals surface area contributed by atoms with Gasteiger partial charge in [0.15, 0.2) is 5.12 Å². The summed E-state index contributed by atoms with van der Waals surface area (Å²) >= 11 is 1.29. The molecular weight excluding hydrogens is 208 g/mol. The average Bonchev–Trinajstić information content (AvgIpc) is 2.20. The van der Waals surface area contributed by atoms with Crippen LogP contribution in [-0.2, 0) is 4.79 Å². The van der Waals surface area contributed by atoms with Gasteiger partial charge in [-0.05, 0) is 25.0 Å². The van der Waals surface area contributed by atoms with E-state index in [0.29, 0.717) is 12.1 Å². The van der Waals surface area contributed by atoms with Gasteiger partial charge in [-0.3, -0.25) is 4.79 Å². The van der Waals surface area contributed by atoms with Gasteiger partial charge in [0.1, 0.15) is 5.69 Å². The van der Waals surface area contributed by atoms with Crippen molar-refractivity contribution in [2.75, 3.05) is 5.75 Å². The molecule has 1 heterocycles. The minimum atomic E-state index is 0.131. The normalized spacial score (nSPS) is 9.20. The van der Waals surface area contributed by atoms with Gasteiger partial charge < -0.3 is 0 Å². The maximum atomic E-state index is 10.6. The SMILES string of the molecule is CC(=O)SCCC#Cc1ccc(C)nn1. The van der Waals surface area contributed by atoms with Crippen LogP contribution in [0.15, 0.2) is 12.1 Å². The number of carbonyl (C=O) groups is 1. The van der Waals surface area contributed by atoms with Crippen LogP contribution < -0.4 is 0 Å². The van der Waals surface area contributed by atoms with Crippen LogP contribution in [0, 0.1) is 18.8 Å². The lowest BCUT2D eigenvalue weighted by Crippen LogP contribution is -1.89. The maximum absolute atomic E-state index is 10.6. The third kappa shape index (κ3) is 5.18. The van der Waals surface area contributed by atoms with Gasteiger partial charge >= 0.3 is 0 Å². The van der Waals surface area contributed by atoms with Crippen LogP contribution in [0.2, 0.25) is 0 Å². The highest BCUT2D eigenvalue weighted by molar-refractivity contribution is 8.13. The van der Waals surface area contributed by atoms with Crippen LogP contribution in [0.1, 0.15) is 24.7 Å². The Morgan fingerprint density at radius 2 is 2.27 bits per heavy atom. The summed E-state index contributed by atoms with van der Waals surface area (Å²) in [6.45, 7) is 3.44. The van der Waals surface area contributed by atoms with Crippen LogP contribution in [0.5, 0.6) is 0 Å². The summed E-state index contributed by atoms with van der Waals surface area (Å²) in [6, 6.07) is 3.72. The van der Waals surface area contributed by atoms with Crippen LogP contribution >= 0.6 is 11.8 Å². The Hall–Kier alpha value is -1.34. The number of carbonyl (C=O) groups excluding carboxylic acids is 1. The summed E-state index contributed by atoms with van der Waals surface area (Å²) in [5.41, 5.74) is 1.56. The average molecular weight is 220 g/mol. The van der Waals surface area contributed by atoms with Gasteiger partial charge in [-0.2, -0.15) is 5.10 Å². The van der Waals surface area contributed by atoms with E-state index in [1.165, 1.54) is 11.8 Å². The molecule has 4 heteroatoms. The molecule has 0 aliphatic heterocycles. The second-order valence-corrected chi connectivity index (χ2v) is 4.22. The Morgan fingerprint density at radius 3 is 2.87 bits per heavy atom. The Labute approximate surface area is 93.7 Å². The lowest BCUT2D eigenvalue weighted by atomic mass is 10.3. The van der Waals surface area contributed by atoms with E-state index in [0.717, 1.165) is 11.4 Å². The summed E-state index contributed by atoms with van der Waals surface area (Å²) in [5.74, 6) is 6.59. The molecule has 0 aromatic carbocycles. The van der Waals surface area contributed by atoms with Gasteiger partial charge in [0.05, 0.1) is 5.69 Å². The Bertz CT molecular complexity index is 389. The van der Waals surface area contributed by atoms with E-state index in [2.05, 4.69) is 22.0 Å². The molecule has 3 nitrogen and oxygen atoms in total. The number of rotatable bonds is 2. The first-order chi connectivity index (χ1) is 7.18. The van der Waals surface area contributed by atoms with Crippen molar-refractivity contribution in [2.45, 2.75) is 20.3 Å². The van der Waals surface area contributed by atoms with Crippen LogP contribution in [-0.4, -0.2) is 21.1 Å². The smallest absolute Gasteiger partial charge is 0.185 e. The molecule has 0 saturated heterocycles. The zero-order chi connectivity index (χ0) is 11.1. The van der Waals surface area contributed by atoms with Crippen LogP contribution in [0.4, 0.5) is 0 Å². The van der Waals surface area contributed by atoms with Gasteiger partial charge in [0.2, 0.25) is 0 Å². The van der Waals surface area contributed by atoms with E-state index in [9.17, 15) is 4.79 Å². The van der Waals surface area contributed by atoms with E-state index in [-0.39, 0.29) is 5.12 Å². The zero-order valence-corrected chi connectivity index (χ0v) is 9.60. The third-order valence-corrected chi connectivity index (χ3v) is 2.36. The Morgan fingerprint density at radius 1 is 1.47 bits per heavy atom. The van der Waals surface area contributed by atoms with Crippen molar-refractivity contribution in [3.05, 3.63) is 23.5 Å². The van der Waals surface area contributed by atoms with Gasteiger partial charge in [0, 0.05) is 19.1 Å². The van der Waals surface area contributed by atoms with E-state index in [1.807, 2.05) is 19.1 Å². The molecule has 0 amide bonds. The minimum absolute atomic E-state index is 0.131. The molecule has 0 radical (unpaired) electrons. The van der Waals surface area contributed by atoms with Crippen molar-refractivity contribution in [2.24, 2.45) is 0 Å². The molecule has 1 aromatic rings. The molecule has 0 bridgehead atoms. The van der Waals surface area contributed by atoms with Crippen molar-refractivity contribution in [1.29, 1.82) is 0 Å². The predicted molar refractivity (Wildman–Crippen MR) is 61.4 cm³/mol. The van der Waals surface area contributed by atoms with Gasteiger partial charge in [-0.15, -0.1) is 5.10 Å². The van der Waals surface area contributed by atoms with Crippen molar-refractivity contribution in [3.63, 3.8) is 0 Å². The summed E-state index contributed by atoms with van der Waals surface area (Å²) < 4.78 is 0. The quantitative estimate of drug-likeness (QED) is 0.563. The zero-order valence-electron chi connectivity index (χ0n) is 8.78. The first kappa shape index (κ1) is 11.7. The highest BCUT2D eigenvalue weighted by atomic mass is 32.2. The molecule has 15 heavy (non-hydrogen) atoms. The molecule has 0 unspecified atom stereocenters. The fraction of sp³-hybridized carbons (Fsp3) is 0.364. The number of aromatic nitrogens is 2. The predicted octanol–water partition coefficient (Wildman–Crippen LogP) is 1.81. The molecule has 0 spiro atoms. The van der Waals surface area contributed by atoms with Crippen molar-refractivity contribution in [3.8, 4) is 11.8 Å². The highest BCUT2D eigenvalue weighted by Crippen LogP contribution is 2.02. The van der Waals surface area contributed by atoms with E-state index in [4.69, 9.17) is 0 Å². The number of nitrogens with zero attached hydrogens (tertiary/aromatic N) is 2. The lowest BCUT2D eigenvalue weighted by molar-refractivity contribution is -0.109. The molecule has 0 fully saturated rings. The van der Waals surface area contributed by atoms with Gasteiger partial charge in [0.25, 0.3) is 0 Å². The monoisotopic (exact) mass is 220 g/mol. The van der Waals surface area contributed by atoms with Crippen molar-refractivity contribution >= 4 is 16.9 Å². The Kier molecular flexibility index (Phi) is 4.85. The lowest BCUT2D eigenvalue weighted by Gasteiger charge is -1.90. The van der Waals surface area contributed by atoms with E-state index < -0.39 is 0 Å². The summed E-state index contributed by atoms with van der Waals surface area (Å²) in [6.07, 6.45) is 0.694. The summed E-state index contributed by atoms with van der Waals surface area (Å²) in [4.78, 5) is 10.6. The molecule has 0 saturated carbocycles. The fourth-order valence-corrected chi connectivity index (χ4v) is 1.36. The molecule has 1 rings (SSSR count). The first-order valence-electron chi connectivity index (χ1n) is 4.61. The first-order valence-corrected chi connectivity index (χ1v) is 5.59. The van der Waals surface area contributed by atoms with Gasteiger partial charge in [-0.25, -0.2) is 0 Å². The van der Waals surface area contributed by atoms with Gasteiger partial charge in [-0.1, -0.05) is 17.7 Å². The van der Waals surface area contributed by atoms with Crippen LogP contribution in [0.3, 0.4) is 0 Å². The standard InChI is InChI=1S/C11H12N2OS/c1-9-6-7-11(13-12-9)5-3-4-8-15-10(2)14/h6-7H,4,8H2,1-2H3. The molecule has 0 aliphatic rings. The second-order valence-electron chi connectivity index (χ2n) is 2.95. The number of aryl methyl sites for hydroxylation is 1. The molecular formula is C11H12N2OS. The number of hydrogen-bond donors (Lipinski definition) is 0. The Balaban J connectivity index is 2.38. The summed E-state index contributed by atoms with van der Waals surface area (Å²) in [7, 11) is 0. The van der Waals surface area contributed by atoms with Crippen molar-refractivity contribution < 1.29 is 4.79 Å². The molecule has 0 N–H and O–H groups in total. The van der Waals surface area contributed by atoms with E-state index in [1.54, 1.807) is 6.92 Å². The molecule has 0 aliphatic carbocycles. The molecule has 78 valence electrons. The fourth-order valence-electron chi connectivity index (χ4n) is 0.864. The number of thioether (sulfide) groups is 1. The highest BCUT2D eigenvalue weighted by Gasteiger charge is 1.91. The topological polar surface area (TPSA) is 42.9 Å². The third-order valence-electron chi connectivity index (χ3n) is 1.55. The van der Waals surface area contributed by atoms with Crippen LogP contribution in [0.25, 0.3) is 0 Å². The van der Waals surface area contributed by atoms with E-state index >= 15 is 0 Å². The minimum Gasteiger partial charge on any atom is -0.288 e. The number of hydrogen-bond acceptors (Lipinski definition) is 4. The molecule has 0 atom stereocenters.